The molecule has 0 bridgehead atoms. The third-order valence-corrected chi connectivity index (χ3v) is 18.7. The lowest BCUT2D eigenvalue weighted by molar-refractivity contribution is 0.0686. The molecule has 0 spiro atoms. The second-order valence-electron chi connectivity index (χ2n) is 26.1. The van der Waals surface area contributed by atoms with E-state index in [9.17, 15) is 41.5 Å². The van der Waals surface area contributed by atoms with Gasteiger partial charge in [0.1, 0.15) is 23.3 Å². The Morgan fingerprint density at radius 3 is 1.42 bits per heavy atom. The van der Waals surface area contributed by atoms with Crippen molar-refractivity contribution >= 4 is 122 Å². The SMILES string of the molecule is Cc1ccc(N)cc1.Cc1ccc(Nc2cc(F)ccc2C(=O)O)cc1.Cc1ccc2[nH]c3cc(F)ccc3c(=O)c2c1.Cc1ccc2c(c1)c(=O)c1ccc(F)cc1n2CCCN(C)C.Cc1ccc2c(c1)c(=O)c1ccc(Sc3ccccc3)cc1n2CCCN(C)C.O=C(O)c1ccc(F)cc1Br. The number of halogens is 5. The van der Waals surface area contributed by atoms with Gasteiger partial charge in [-0.2, -0.15) is 0 Å². The summed E-state index contributed by atoms with van der Waals surface area (Å²) in [5.74, 6) is -3.76. The molecule has 106 heavy (non-hydrogen) atoms. The van der Waals surface area contributed by atoms with Crippen molar-refractivity contribution in [2.75, 3.05) is 52.3 Å². The van der Waals surface area contributed by atoms with E-state index in [1.165, 1.54) is 59.0 Å². The van der Waals surface area contributed by atoms with Crippen molar-refractivity contribution in [2.45, 2.75) is 70.3 Å². The molecule has 11 aromatic carbocycles. The van der Waals surface area contributed by atoms with E-state index < -0.39 is 23.6 Å². The summed E-state index contributed by atoms with van der Waals surface area (Å²) >= 11 is 4.66. The van der Waals surface area contributed by atoms with Gasteiger partial charge < -0.3 is 45.2 Å². The Hall–Kier alpha value is -11.2. The van der Waals surface area contributed by atoms with Crippen LogP contribution in [0.15, 0.2) is 253 Å². The Balaban J connectivity index is 0.000000153. The molecular formula is C86H82BrF4N7O7S. The van der Waals surface area contributed by atoms with Crippen LogP contribution in [0.25, 0.3) is 65.4 Å². The van der Waals surface area contributed by atoms with Gasteiger partial charge in [-0.15, -0.1) is 0 Å². The maximum absolute atomic E-state index is 13.7. The number of aromatic carboxylic acids is 2. The highest BCUT2D eigenvalue weighted by molar-refractivity contribution is 9.10. The van der Waals surface area contributed by atoms with E-state index in [1.807, 2.05) is 152 Å². The van der Waals surface area contributed by atoms with E-state index in [0.717, 1.165) is 123 Å². The molecule has 14 nitrogen and oxygen atoms in total. The molecule has 6 N–H and O–H groups in total. The minimum atomic E-state index is -1.09. The number of nitrogen functional groups attached to an aromatic ring is 1. The van der Waals surface area contributed by atoms with Crippen LogP contribution in [-0.4, -0.2) is 87.3 Å². The van der Waals surface area contributed by atoms with Crippen molar-refractivity contribution in [2.24, 2.45) is 0 Å². The Morgan fingerprint density at radius 2 is 0.887 bits per heavy atom. The maximum atomic E-state index is 13.7. The van der Waals surface area contributed by atoms with Gasteiger partial charge >= 0.3 is 11.9 Å². The molecule has 3 heterocycles. The lowest BCUT2D eigenvalue weighted by Crippen LogP contribution is -2.17. The third kappa shape index (κ3) is 21.1. The fourth-order valence-electron chi connectivity index (χ4n) is 11.7. The molecule has 0 unspecified atom stereocenters. The molecule has 0 aliphatic heterocycles. The number of aromatic nitrogens is 3. The maximum Gasteiger partial charge on any atom is 0.337 e. The number of anilines is 3. The monoisotopic (exact) mass is 1510 g/mol. The zero-order valence-corrected chi connectivity index (χ0v) is 62.6. The average Bonchev–Trinajstić information content (AvgIpc) is 0.763. The van der Waals surface area contributed by atoms with E-state index in [-0.39, 0.29) is 49.2 Å². The summed E-state index contributed by atoms with van der Waals surface area (Å²) in [6.07, 6.45) is 1.97. The Bertz CT molecular complexity index is 5660. The Kier molecular flexibility index (Phi) is 27.2. The summed E-state index contributed by atoms with van der Waals surface area (Å²) in [5, 5.41) is 24.5. The number of H-pyrrole nitrogens is 1. The van der Waals surface area contributed by atoms with Gasteiger partial charge in [0.05, 0.1) is 44.4 Å². The number of hydrogen-bond donors (Lipinski definition) is 5. The van der Waals surface area contributed by atoms with Crippen molar-refractivity contribution in [1.82, 2.24) is 23.9 Å². The molecule has 0 amide bonds. The van der Waals surface area contributed by atoms with Crippen LogP contribution in [0, 0.1) is 57.9 Å². The first kappa shape index (κ1) is 79.0. The number of nitrogens with two attached hydrogens (primary N) is 1. The summed E-state index contributed by atoms with van der Waals surface area (Å²) < 4.78 is 57.0. The lowest BCUT2D eigenvalue weighted by Gasteiger charge is -2.17. The second-order valence-corrected chi connectivity index (χ2v) is 28.1. The molecule has 0 fully saturated rings. The summed E-state index contributed by atoms with van der Waals surface area (Å²) in [7, 11) is 8.26. The van der Waals surface area contributed by atoms with Crippen molar-refractivity contribution in [3.8, 4) is 0 Å². The number of benzene rings is 11. The third-order valence-electron chi connectivity index (χ3n) is 17.0. The van der Waals surface area contributed by atoms with Gasteiger partial charge in [0, 0.05) is 76.6 Å². The van der Waals surface area contributed by atoms with Crippen LogP contribution in [0.1, 0.15) is 61.4 Å². The van der Waals surface area contributed by atoms with E-state index in [2.05, 4.69) is 108 Å². The predicted octanol–water partition coefficient (Wildman–Crippen LogP) is 19.7. The van der Waals surface area contributed by atoms with Crippen LogP contribution in [0.2, 0.25) is 0 Å². The number of aryl methyl sites for hydroxylation is 7. The van der Waals surface area contributed by atoms with E-state index >= 15 is 0 Å². The number of carbonyl (C=O) groups is 2. The van der Waals surface area contributed by atoms with Crippen molar-refractivity contribution in [1.29, 1.82) is 0 Å². The minimum absolute atomic E-state index is 0.0254. The normalized spacial score (nSPS) is 10.9. The van der Waals surface area contributed by atoms with E-state index in [1.54, 1.807) is 17.8 Å². The molecule has 14 aromatic rings. The van der Waals surface area contributed by atoms with Gasteiger partial charge in [-0.25, -0.2) is 27.2 Å². The number of pyridine rings is 3. The molecule has 20 heteroatoms. The van der Waals surface area contributed by atoms with Crippen molar-refractivity contribution in [3.05, 3.63) is 322 Å². The molecule has 0 aliphatic carbocycles. The summed E-state index contributed by atoms with van der Waals surface area (Å²) in [4.78, 5) is 69.3. The number of carboxylic acid groups (broad SMARTS) is 2. The summed E-state index contributed by atoms with van der Waals surface area (Å²) in [6, 6.07) is 65.0. The van der Waals surface area contributed by atoms with Crippen LogP contribution in [0.3, 0.4) is 0 Å². The first-order chi connectivity index (χ1) is 50.6. The van der Waals surface area contributed by atoms with Crippen LogP contribution < -0.4 is 27.3 Å². The smallest absolute Gasteiger partial charge is 0.337 e. The number of hydrogen-bond acceptors (Lipinski definition) is 10. The van der Waals surface area contributed by atoms with Crippen LogP contribution in [0.4, 0.5) is 34.6 Å². The lowest BCUT2D eigenvalue weighted by atomic mass is 10.1. The zero-order chi connectivity index (χ0) is 76.5. The molecule has 3 aromatic heterocycles. The largest absolute Gasteiger partial charge is 0.478 e. The quantitative estimate of drug-likeness (QED) is 0.0393. The van der Waals surface area contributed by atoms with Crippen LogP contribution in [-0.2, 0) is 13.1 Å². The molecule has 0 saturated carbocycles. The Morgan fingerprint density at radius 1 is 0.443 bits per heavy atom. The second kappa shape index (κ2) is 36.5. The minimum Gasteiger partial charge on any atom is -0.478 e. The van der Waals surface area contributed by atoms with Gasteiger partial charge in [0.2, 0.25) is 0 Å². The standard InChI is InChI=1S/C25H26N2OS.C19H21FN2O.C14H12FNO2.C14H10FNO.C7H4BrFO2.C7H9N/c1-18-10-13-23-22(16-18)25(28)21-12-11-20(29-19-8-5-4-6-9-19)17-24(21)27(23)15-7-14-26(2)3;1-13-5-8-17-16(11-13)19(23)15-7-6-14(20)12-18(15)22(17)10-4-9-21(2)3;1-9-2-5-11(6-3-9)16-13-8-10(15)4-7-12(13)14(17)18;1-8-2-5-12-11(6-8)14(17)10-4-3-9(15)7-13(10)16-12;8-6-3-4(9)1-2-5(6)7(10)11;1-6-2-4-7(8)5-3-6/h4-6,8-13,16-17H,7,14-15H2,1-3H3;5-8,11-12H,4,9-10H2,1-3H3;2-8,16H,1H3,(H,17,18);2-7H,1H3,(H,16,17);1-3H,(H,10,11);2-5H,8H2,1H3. The first-order valence-corrected chi connectivity index (χ1v) is 35.6. The number of nitrogens with one attached hydrogen (secondary N) is 2. The van der Waals surface area contributed by atoms with Gasteiger partial charge in [0.15, 0.2) is 16.3 Å². The van der Waals surface area contributed by atoms with Crippen LogP contribution >= 0.6 is 27.7 Å². The van der Waals surface area contributed by atoms with Gasteiger partial charge in [-0.3, -0.25) is 14.4 Å². The summed E-state index contributed by atoms with van der Waals surface area (Å²) in [5.41, 5.74) is 17.8. The van der Waals surface area contributed by atoms with E-state index in [0.29, 0.717) is 38.3 Å². The molecular weight excluding hydrogens is 1430 g/mol. The van der Waals surface area contributed by atoms with Crippen LogP contribution in [0.5, 0.6) is 0 Å². The number of carboxylic acids is 2. The zero-order valence-electron chi connectivity index (χ0n) is 60.2. The molecule has 544 valence electrons. The van der Waals surface area contributed by atoms with Crippen molar-refractivity contribution < 1.29 is 37.4 Å². The molecule has 0 radical (unpaired) electrons. The molecule has 14 rings (SSSR count). The van der Waals surface area contributed by atoms with Gasteiger partial charge in [0.25, 0.3) is 0 Å². The number of rotatable bonds is 14. The highest BCUT2D eigenvalue weighted by Gasteiger charge is 2.17. The summed E-state index contributed by atoms with van der Waals surface area (Å²) in [6.45, 7) is 13.5. The molecule has 0 aliphatic rings. The van der Waals surface area contributed by atoms with Gasteiger partial charge in [-0.1, -0.05) is 100 Å². The molecule has 0 saturated heterocycles. The highest BCUT2D eigenvalue weighted by atomic mass is 79.9. The number of aromatic amines is 1. The number of fused-ring (bicyclic) bond motifs is 6. The van der Waals surface area contributed by atoms with E-state index in [4.69, 9.17) is 15.9 Å². The fraction of sp³-hybridized carbons (Fsp3) is 0.174. The highest BCUT2D eigenvalue weighted by Crippen LogP contribution is 2.32. The van der Waals surface area contributed by atoms with Crippen molar-refractivity contribution in [3.63, 3.8) is 0 Å². The fourth-order valence-corrected chi connectivity index (χ4v) is 13.1. The number of nitrogens with zero attached hydrogens (tertiary/aromatic N) is 4. The van der Waals surface area contributed by atoms with Gasteiger partial charge in [-0.05, 0) is 268 Å². The Labute approximate surface area is 624 Å². The predicted molar refractivity (Wildman–Crippen MR) is 429 cm³/mol. The average molecular weight is 1510 g/mol. The topological polar surface area (TPSA) is 196 Å². The first-order valence-electron chi connectivity index (χ1n) is 34.0. The molecule has 0 atom stereocenters.